The highest BCUT2D eigenvalue weighted by Crippen LogP contribution is 2.19. The van der Waals surface area contributed by atoms with Crippen molar-refractivity contribution in [1.82, 2.24) is 9.55 Å². The van der Waals surface area contributed by atoms with Gasteiger partial charge in [0.25, 0.3) is 5.56 Å². The van der Waals surface area contributed by atoms with Crippen molar-refractivity contribution in [3.8, 4) is 17.0 Å². The zero-order chi connectivity index (χ0) is 20.8. The van der Waals surface area contributed by atoms with Gasteiger partial charge in [-0.3, -0.25) is 14.2 Å². The first kappa shape index (κ1) is 19.8. The van der Waals surface area contributed by atoms with Crippen LogP contribution in [0.2, 0.25) is 0 Å². The van der Waals surface area contributed by atoms with Crippen LogP contribution >= 0.6 is 0 Å². The van der Waals surface area contributed by atoms with E-state index in [2.05, 4.69) is 10.3 Å². The number of aromatic nitrogens is 2. The summed E-state index contributed by atoms with van der Waals surface area (Å²) in [5, 5.41) is 2.62. The molecule has 3 rings (SSSR count). The maximum atomic E-state index is 12.4. The molecule has 1 amide bonds. The molecular weight excluding hydrogens is 374 g/mol. The second kappa shape index (κ2) is 8.83. The van der Waals surface area contributed by atoms with Gasteiger partial charge >= 0.3 is 5.97 Å². The molecule has 1 aromatic heterocycles. The number of para-hydroxylation sites is 1. The van der Waals surface area contributed by atoms with Crippen LogP contribution in [0, 0.1) is 0 Å². The van der Waals surface area contributed by atoms with Crippen molar-refractivity contribution in [1.29, 1.82) is 0 Å². The fourth-order valence-electron chi connectivity index (χ4n) is 2.69. The number of esters is 1. The first-order valence-electron chi connectivity index (χ1n) is 8.70. The summed E-state index contributed by atoms with van der Waals surface area (Å²) in [4.78, 5) is 40.8. The van der Waals surface area contributed by atoms with Gasteiger partial charge in [0.2, 0.25) is 5.91 Å². The van der Waals surface area contributed by atoms with E-state index in [-0.39, 0.29) is 17.7 Å². The Kier molecular flexibility index (Phi) is 6.03. The number of hydrogen-bond acceptors (Lipinski definition) is 6. The van der Waals surface area contributed by atoms with E-state index in [1.807, 2.05) is 0 Å². The molecule has 0 radical (unpaired) electrons. The summed E-state index contributed by atoms with van der Waals surface area (Å²) in [6.45, 7) is -0.246. The minimum Gasteiger partial charge on any atom is -0.497 e. The topological polar surface area (TPSA) is 99.5 Å². The van der Waals surface area contributed by atoms with E-state index in [9.17, 15) is 14.4 Å². The predicted octanol–water partition coefficient (Wildman–Crippen LogP) is 2.34. The molecule has 148 valence electrons. The molecule has 3 aromatic rings. The van der Waals surface area contributed by atoms with Gasteiger partial charge < -0.3 is 14.8 Å². The number of amides is 1. The molecule has 0 fully saturated rings. The highest BCUT2D eigenvalue weighted by Gasteiger charge is 2.14. The molecule has 29 heavy (non-hydrogen) atoms. The Morgan fingerprint density at radius 3 is 2.45 bits per heavy atom. The van der Waals surface area contributed by atoms with Gasteiger partial charge in [-0.05, 0) is 36.4 Å². The fourth-order valence-corrected chi connectivity index (χ4v) is 2.69. The molecule has 0 bridgehead atoms. The third-order valence-corrected chi connectivity index (χ3v) is 4.19. The summed E-state index contributed by atoms with van der Waals surface area (Å²) in [6, 6.07) is 15.0. The molecule has 1 N–H and O–H groups in total. The molecule has 0 atom stereocenters. The zero-order valence-corrected chi connectivity index (χ0v) is 15.9. The first-order chi connectivity index (χ1) is 14.0. The maximum absolute atomic E-state index is 12.4. The van der Waals surface area contributed by atoms with Crippen molar-refractivity contribution in [2.75, 3.05) is 19.5 Å². The molecular formula is C21H19N3O5. The van der Waals surface area contributed by atoms with E-state index in [1.54, 1.807) is 55.6 Å². The molecule has 2 aromatic carbocycles. The van der Waals surface area contributed by atoms with Gasteiger partial charge in [0.1, 0.15) is 12.3 Å². The fraction of sp³-hybridized carbons (Fsp3) is 0.143. The van der Waals surface area contributed by atoms with Gasteiger partial charge in [-0.1, -0.05) is 12.1 Å². The number of hydrogen-bond donors (Lipinski definition) is 1. The quantitative estimate of drug-likeness (QED) is 0.646. The monoisotopic (exact) mass is 393 g/mol. The average molecular weight is 393 g/mol. The lowest BCUT2D eigenvalue weighted by Gasteiger charge is -2.11. The van der Waals surface area contributed by atoms with Gasteiger partial charge in [-0.2, -0.15) is 0 Å². The zero-order valence-electron chi connectivity index (χ0n) is 15.9. The van der Waals surface area contributed by atoms with Crippen LogP contribution in [0.15, 0.2) is 65.7 Å². The van der Waals surface area contributed by atoms with Crippen LogP contribution in [0.3, 0.4) is 0 Å². The number of nitrogens with one attached hydrogen (secondary N) is 1. The largest absolute Gasteiger partial charge is 0.497 e. The summed E-state index contributed by atoms with van der Waals surface area (Å²) in [7, 11) is 2.83. The van der Waals surface area contributed by atoms with Crippen LogP contribution in [0.1, 0.15) is 10.4 Å². The second-order valence-corrected chi connectivity index (χ2v) is 6.05. The molecule has 0 aliphatic heterocycles. The van der Waals surface area contributed by atoms with Gasteiger partial charge in [-0.15, -0.1) is 0 Å². The smallest absolute Gasteiger partial charge is 0.339 e. The van der Waals surface area contributed by atoms with E-state index in [4.69, 9.17) is 9.47 Å². The van der Waals surface area contributed by atoms with Crippen molar-refractivity contribution in [2.45, 2.75) is 6.54 Å². The Labute approximate surface area is 166 Å². The highest BCUT2D eigenvalue weighted by atomic mass is 16.5. The van der Waals surface area contributed by atoms with Crippen molar-refractivity contribution >= 4 is 17.6 Å². The molecule has 8 nitrogen and oxygen atoms in total. The minimum atomic E-state index is -0.566. The van der Waals surface area contributed by atoms with Crippen LogP contribution < -0.4 is 15.6 Å². The Hall–Kier alpha value is -3.94. The first-order valence-corrected chi connectivity index (χ1v) is 8.70. The predicted molar refractivity (Wildman–Crippen MR) is 107 cm³/mol. The normalized spacial score (nSPS) is 10.3. The summed E-state index contributed by atoms with van der Waals surface area (Å²) in [5.41, 5.74) is 1.41. The standard InChI is InChI=1S/C21H19N3O5/c1-28-15-9-7-14(8-10-15)18-11-20(26)24(13-22-18)12-19(25)23-17-6-4-3-5-16(17)21(27)29-2/h3-11,13H,12H2,1-2H3,(H,23,25). The second-order valence-electron chi connectivity index (χ2n) is 6.05. The lowest BCUT2D eigenvalue weighted by Crippen LogP contribution is -2.28. The number of ether oxygens (including phenoxy) is 2. The van der Waals surface area contributed by atoms with Gasteiger partial charge in [0.05, 0.1) is 37.5 Å². The van der Waals surface area contributed by atoms with Gasteiger partial charge in [0.15, 0.2) is 0 Å². The number of benzene rings is 2. The van der Waals surface area contributed by atoms with Crippen LogP contribution in [-0.4, -0.2) is 35.6 Å². The summed E-state index contributed by atoms with van der Waals surface area (Å²) < 4.78 is 11.0. The lowest BCUT2D eigenvalue weighted by atomic mass is 10.1. The minimum absolute atomic E-state index is 0.226. The Morgan fingerprint density at radius 1 is 1.07 bits per heavy atom. The molecule has 0 aliphatic carbocycles. The average Bonchev–Trinajstić information content (AvgIpc) is 2.75. The number of methoxy groups -OCH3 is 2. The number of rotatable bonds is 6. The van der Waals surface area contributed by atoms with Gasteiger partial charge in [-0.25, -0.2) is 9.78 Å². The SMILES string of the molecule is COC(=O)c1ccccc1NC(=O)Cn1cnc(-c2ccc(OC)cc2)cc1=O. The summed E-state index contributed by atoms with van der Waals surface area (Å²) in [5.74, 6) is -0.336. The van der Waals surface area contributed by atoms with E-state index in [0.29, 0.717) is 17.1 Å². The molecule has 8 heteroatoms. The molecule has 0 unspecified atom stereocenters. The Bertz CT molecular complexity index is 1090. The molecule has 0 aliphatic rings. The number of anilines is 1. The Balaban J connectivity index is 1.74. The van der Waals surface area contributed by atoms with Crippen LogP contribution in [0.25, 0.3) is 11.3 Å². The Morgan fingerprint density at radius 2 is 1.79 bits per heavy atom. The van der Waals surface area contributed by atoms with E-state index in [1.165, 1.54) is 24.1 Å². The number of nitrogens with zero attached hydrogens (tertiary/aromatic N) is 2. The van der Waals surface area contributed by atoms with E-state index in [0.717, 1.165) is 5.56 Å². The summed E-state index contributed by atoms with van der Waals surface area (Å²) >= 11 is 0. The van der Waals surface area contributed by atoms with Crippen molar-refractivity contribution in [3.63, 3.8) is 0 Å². The highest BCUT2D eigenvalue weighted by molar-refractivity contribution is 6.01. The third kappa shape index (κ3) is 4.67. The van der Waals surface area contributed by atoms with Crippen molar-refractivity contribution in [3.05, 3.63) is 76.8 Å². The molecule has 1 heterocycles. The van der Waals surface area contributed by atoms with E-state index < -0.39 is 11.9 Å². The summed E-state index contributed by atoms with van der Waals surface area (Å²) in [6.07, 6.45) is 1.31. The third-order valence-electron chi connectivity index (χ3n) is 4.19. The molecule has 0 saturated carbocycles. The van der Waals surface area contributed by atoms with Crippen LogP contribution in [-0.2, 0) is 16.1 Å². The maximum Gasteiger partial charge on any atom is 0.339 e. The van der Waals surface area contributed by atoms with Crippen molar-refractivity contribution < 1.29 is 19.1 Å². The van der Waals surface area contributed by atoms with Crippen LogP contribution in [0.5, 0.6) is 5.75 Å². The van der Waals surface area contributed by atoms with E-state index >= 15 is 0 Å². The molecule has 0 saturated heterocycles. The number of carbonyl (C=O) groups is 2. The van der Waals surface area contributed by atoms with Crippen molar-refractivity contribution in [2.24, 2.45) is 0 Å². The molecule has 0 spiro atoms. The lowest BCUT2D eigenvalue weighted by molar-refractivity contribution is -0.116. The van der Waals surface area contributed by atoms with Crippen LogP contribution in [0.4, 0.5) is 5.69 Å². The van der Waals surface area contributed by atoms with Gasteiger partial charge in [0, 0.05) is 11.6 Å². The number of carbonyl (C=O) groups excluding carboxylic acids is 2.